The highest BCUT2D eigenvalue weighted by Gasteiger charge is 2.16. The van der Waals surface area contributed by atoms with E-state index in [0.717, 1.165) is 29.8 Å². The minimum absolute atomic E-state index is 0.656. The second-order valence-corrected chi connectivity index (χ2v) is 4.74. The fourth-order valence-electron chi connectivity index (χ4n) is 2.22. The van der Waals surface area contributed by atoms with Gasteiger partial charge in [0, 0.05) is 18.0 Å². The summed E-state index contributed by atoms with van der Waals surface area (Å²) in [5.41, 5.74) is 1.96. The van der Waals surface area contributed by atoms with E-state index >= 15 is 0 Å². The zero-order valence-electron chi connectivity index (χ0n) is 8.13. The zero-order valence-corrected chi connectivity index (χ0v) is 9.65. The molecule has 1 aromatic carbocycles. The summed E-state index contributed by atoms with van der Waals surface area (Å²) in [6.07, 6.45) is 3.47. The number of fused-ring (bicyclic) bond motifs is 3. The topological polar surface area (TPSA) is 17.8 Å². The van der Waals surface area contributed by atoms with Gasteiger partial charge in [-0.1, -0.05) is 23.2 Å². The SMILES string of the molecule is Clc1cc(Cl)c2c(c1)nc1n2CCCC1. The van der Waals surface area contributed by atoms with Crippen LogP contribution in [0.15, 0.2) is 12.1 Å². The van der Waals surface area contributed by atoms with Crippen LogP contribution in [0.4, 0.5) is 0 Å². The van der Waals surface area contributed by atoms with Crippen LogP contribution in [0.2, 0.25) is 10.0 Å². The lowest BCUT2D eigenvalue weighted by Crippen LogP contribution is -2.10. The number of hydrogen-bond donors (Lipinski definition) is 0. The summed E-state index contributed by atoms with van der Waals surface area (Å²) < 4.78 is 2.22. The van der Waals surface area contributed by atoms with Gasteiger partial charge in [-0.25, -0.2) is 4.98 Å². The van der Waals surface area contributed by atoms with E-state index in [4.69, 9.17) is 23.2 Å². The van der Waals surface area contributed by atoms with Crippen molar-refractivity contribution in [1.29, 1.82) is 0 Å². The molecule has 0 amide bonds. The van der Waals surface area contributed by atoms with Gasteiger partial charge in [0.05, 0.1) is 16.1 Å². The molecule has 0 fully saturated rings. The molecular weight excluding hydrogens is 231 g/mol. The average Bonchev–Trinajstić information content (AvgIpc) is 2.54. The van der Waals surface area contributed by atoms with Crippen LogP contribution in [-0.4, -0.2) is 9.55 Å². The molecule has 0 saturated carbocycles. The third kappa shape index (κ3) is 1.44. The lowest BCUT2D eigenvalue weighted by molar-refractivity contribution is 0.533. The van der Waals surface area contributed by atoms with Gasteiger partial charge in [0.15, 0.2) is 0 Å². The first-order chi connectivity index (χ1) is 7.25. The summed E-state index contributed by atoms with van der Waals surface area (Å²) in [6.45, 7) is 1.02. The van der Waals surface area contributed by atoms with E-state index in [0.29, 0.717) is 10.0 Å². The predicted octanol–water partition coefficient (Wildman–Crippen LogP) is 3.68. The molecule has 0 aliphatic carbocycles. The van der Waals surface area contributed by atoms with Crippen LogP contribution >= 0.6 is 23.2 Å². The van der Waals surface area contributed by atoms with Crippen molar-refractivity contribution in [3.05, 3.63) is 28.0 Å². The fourth-order valence-corrected chi connectivity index (χ4v) is 2.80. The first kappa shape index (κ1) is 9.49. The molecule has 0 saturated heterocycles. The minimum atomic E-state index is 0.656. The van der Waals surface area contributed by atoms with Gasteiger partial charge in [-0.15, -0.1) is 0 Å². The Morgan fingerprint density at radius 3 is 2.93 bits per heavy atom. The van der Waals surface area contributed by atoms with Gasteiger partial charge in [0.1, 0.15) is 5.82 Å². The van der Waals surface area contributed by atoms with Crippen LogP contribution in [-0.2, 0) is 13.0 Å². The number of aryl methyl sites for hydroxylation is 2. The predicted molar refractivity (Wildman–Crippen MR) is 62.7 cm³/mol. The third-order valence-electron chi connectivity index (χ3n) is 2.87. The zero-order chi connectivity index (χ0) is 10.4. The molecule has 0 spiro atoms. The van der Waals surface area contributed by atoms with Crippen molar-refractivity contribution in [2.24, 2.45) is 0 Å². The molecule has 3 rings (SSSR count). The number of aromatic nitrogens is 2. The Kier molecular flexibility index (Phi) is 2.15. The Hall–Kier alpha value is -0.730. The van der Waals surface area contributed by atoms with Crippen LogP contribution < -0.4 is 0 Å². The molecule has 0 atom stereocenters. The van der Waals surface area contributed by atoms with Crippen LogP contribution in [0.1, 0.15) is 18.7 Å². The maximum Gasteiger partial charge on any atom is 0.109 e. The van der Waals surface area contributed by atoms with E-state index in [-0.39, 0.29) is 0 Å². The Balaban J connectivity index is 2.37. The van der Waals surface area contributed by atoms with Crippen LogP contribution in [0.5, 0.6) is 0 Å². The Bertz CT molecular complexity index is 531. The van der Waals surface area contributed by atoms with Gasteiger partial charge >= 0.3 is 0 Å². The molecule has 4 heteroatoms. The molecule has 0 radical (unpaired) electrons. The number of nitrogens with zero attached hydrogens (tertiary/aromatic N) is 2. The Morgan fingerprint density at radius 2 is 2.07 bits per heavy atom. The number of rotatable bonds is 0. The summed E-state index contributed by atoms with van der Waals surface area (Å²) in [4.78, 5) is 4.57. The van der Waals surface area contributed by atoms with Crippen molar-refractivity contribution in [2.45, 2.75) is 25.8 Å². The van der Waals surface area contributed by atoms with E-state index in [1.54, 1.807) is 6.07 Å². The monoisotopic (exact) mass is 240 g/mol. The molecule has 2 nitrogen and oxygen atoms in total. The van der Waals surface area contributed by atoms with Gasteiger partial charge in [-0.2, -0.15) is 0 Å². The molecule has 2 aromatic rings. The van der Waals surface area contributed by atoms with Crippen LogP contribution in [0.25, 0.3) is 11.0 Å². The lowest BCUT2D eigenvalue weighted by Gasteiger charge is -2.14. The third-order valence-corrected chi connectivity index (χ3v) is 3.38. The Morgan fingerprint density at radius 1 is 1.20 bits per heavy atom. The normalized spacial score (nSPS) is 15.6. The molecule has 2 heterocycles. The smallest absolute Gasteiger partial charge is 0.109 e. The summed E-state index contributed by atoms with van der Waals surface area (Å²) in [6, 6.07) is 3.67. The average molecular weight is 241 g/mol. The second-order valence-electron chi connectivity index (χ2n) is 3.89. The highest BCUT2D eigenvalue weighted by molar-refractivity contribution is 6.38. The second kappa shape index (κ2) is 3.39. The molecule has 1 aliphatic heterocycles. The molecule has 1 aromatic heterocycles. The minimum Gasteiger partial charge on any atom is -0.327 e. The van der Waals surface area contributed by atoms with Crippen LogP contribution in [0.3, 0.4) is 0 Å². The maximum atomic E-state index is 6.20. The quantitative estimate of drug-likeness (QED) is 0.687. The van der Waals surface area contributed by atoms with Crippen molar-refractivity contribution < 1.29 is 0 Å². The van der Waals surface area contributed by atoms with Gasteiger partial charge < -0.3 is 4.57 Å². The van der Waals surface area contributed by atoms with Crippen molar-refractivity contribution in [3.8, 4) is 0 Å². The van der Waals surface area contributed by atoms with Gasteiger partial charge in [0.25, 0.3) is 0 Å². The van der Waals surface area contributed by atoms with E-state index in [2.05, 4.69) is 9.55 Å². The van der Waals surface area contributed by atoms with Crippen LogP contribution in [0, 0.1) is 0 Å². The highest BCUT2D eigenvalue weighted by atomic mass is 35.5. The molecule has 0 bridgehead atoms. The summed E-state index contributed by atoms with van der Waals surface area (Å²) in [5.74, 6) is 1.14. The Labute approximate surface area is 97.8 Å². The van der Waals surface area contributed by atoms with Crippen molar-refractivity contribution in [1.82, 2.24) is 9.55 Å². The molecule has 0 unspecified atom stereocenters. The molecular formula is C11H10Cl2N2. The van der Waals surface area contributed by atoms with Gasteiger partial charge in [0.2, 0.25) is 0 Å². The molecule has 15 heavy (non-hydrogen) atoms. The van der Waals surface area contributed by atoms with E-state index in [1.165, 1.54) is 12.8 Å². The van der Waals surface area contributed by atoms with Crippen molar-refractivity contribution in [3.63, 3.8) is 0 Å². The van der Waals surface area contributed by atoms with E-state index in [9.17, 15) is 0 Å². The molecule has 1 aliphatic rings. The maximum absolute atomic E-state index is 6.20. The number of halogens is 2. The van der Waals surface area contributed by atoms with E-state index in [1.807, 2.05) is 6.07 Å². The molecule has 0 N–H and O–H groups in total. The highest BCUT2D eigenvalue weighted by Crippen LogP contribution is 2.30. The standard InChI is InChI=1S/C11H10Cl2N2/c12-7-5-8(13)11-9(6-7)14-10-3-1-2-4-15(10)11/h5-6H,1-4H2. The van der Waals surface area contributed by atoms with Crippen molar-refractivity contribution >= 4 is 34.2 Å². The first-order valence-corrected chi connectivity index (χ1v) is 5.85. The number of imidazole rings is 1. The van der Waals surface area contributed by atoms with Crippen molar-refractivity contribution in [2.75, 3.05) is 0 Å². The summed E-state index contributed by atoms with van der Waals surface area (Å²) >= 11 is 12.1. The summed E-state index contributed by atoms with van der Waals surface area (Å²) in [7, 11) is 0. The number of hydrogen-bond acceptors (Lipinski definition) is 1. The first-order valence-electron chi connectivity index (χ1n) is 5.10. The molecule has 78 valence electrons. The fraction of sp³-hybridized carbons (Fsp3) is 0.364. The summed E-state index contributed by atoms with van der Waals surface area (Å²) in [5, 5.41) is 1.36. The number of benzene rings is 1. The lowest BCUT2D eigenvalue weighted by atomic mass is 10.2. The largest absolute Gasteiger partial charge is 0.327 e. The van der Waals surface area contributed by atoms with Gasteiger partial charge in [-0.05, 0) is 25.0 Å². The van der Waals surface area contributed by atoms with Gasteiger partial charge in [-0.3, -0.25) is 0 Å². The van der Waals surface area contributed by atoms with E-state index < -0.39 is 0 Å².